The van der Waals surface area contributed by atoms with Crippen LogP contribution in [0.2, 0.25) is 0 Å². The van der Waals surface area contributed by atoms with Crippen molar-refractivity contribution in [2.45, 2.75) is 37.0 Å². The maximum atomic E-state index is 15.0. The minimum absolute atomic E-state index is 0.0494. The Hall–Kier alpha value is -4.47. The van der Waals surface area contributed by atoms with E-state index in [1.807, 2.05) is 6.07 Å². The molecule has 10 heteroatoms. The van der Waals surface area contributed by atoms with E-state index in [4.69, 9.17) is 9.40 Å². The van der Waals surface area contributed by atoms with Crippen molar-refractivity contribution in [3.8, 4) is 34.1 Å². The van der Waals surface area contributed by atoms with Crippen LogP contribution in [-0.2, 0) is 17.3 Å². The molecular formula is C28H21F2N5O3. The lowest BCUT2D eigenvalue weighted by molar-refractivity contribution is -0.140. The number of nitrogens with zero attached hydrogens (tertiary/aromatic N) is 5. The first-order chi connectivity index (χ1) is 18.3. The molecular weight excluding hydrogens is 492 g/mol. The Morgan fingerprint density at radius 3 is 2.58 bits per heavy atom. The van der Waals surface area contributed by atoms with Crippen LogP contribution in [0, 0.1) is 11.6 Å². The van der Waals surface area contributed by atoms with Gasteiger partial charge in [0.05, 0.1) is 5.41 Å². The van der Waals surface area contributed by atoms with E-state index in [1.165, 1.54) is 18.2 Å². The Labute approximate surface area is 215 Å². The van der Waals surface area contributed by atoms with Gasteiger partial charge < -0.3 is 14.1 Å². The number of aliphatic carboxylic acids is 1. The van der Waals surface area contributed by atoms with Crippen molar-refractivity contribution in [3.05, 3.63) is 71.7 Å². The van der Waals surface area contributed by atoms with Gasteiger partial charge >= 0.3 is 5.97 Å². The lowest BCUT2D eigenvalue weighted by Crippen LogP contribution is -2.19. The molecule has 5 aromatic rings. The zero-order chi connectivity index (χ0) is 26.2. The molecule has 190 valence electrons. The molecule has 0 aliphatic heterocycles. The fraction of sp³-hybridized carbons (Fsp3) is 0.250. The van der Waals surface area contributed by atoms with Crippen molar-refractivity contribution in [1.29, 1.82) is 0 Å². The number of fused-ring (bicyclic) bond motifs is 1. The third-order valence-corrected chi connectivity index (χ3v) is 7.46. The second-order valence-electron chi connectivity index (χ2n) is 10.1. The van der Waals surface area contributed by atoms with E-state index in [1.54, 1.807) is 36.1 Å². The number of benzene rings is 2. The van der Waals surface area contributed by atoms with Crippen molar-refractivity contribution < 1.29 is 23.1 Å². The third kappa shape index (κ3) is 3.59. The Kier molecular flexibility index (Phi) is 4.79. The number of halogens is 2. The van der Waals surface area contributed by atoms with Crippen molar-refractivity contribution in [3.63, 3.8) is 0 Å². The fourth-order valence-corrected chi connectivity index (χ4v) is 5.01. The summed E-state index contributed by atoms with van der Waals surface area (Å²) in [7, 11) is 1.79. The Morgan fingerprint density at radius 1 is 1.08 bits per heavy atom. The number of carbonyl (C=O) groups is 1. The quantitative estimate of drug-likeness (QED) is 0.314. The number of carboxylic acid groups (broad SMARTS) is 1. The topological polar surface area (TPSA) is 107 Å². The van der Waals surface area contributed by atoms with Crippen LogP contribution in [0.3, 0.4) is 0 Å². The zero-order valence-electron chi connectivity index (χ0n) is 20.3. The van der Waals surface area contributed by atoms with Crippen molar-refractivity contribution in [2.24, 2.45) is 7.05 Å². The maximum absolute atomic E-state index is 15.0. The molecule has 2 aromatic carbocycles. The van der Waals surface area contributed by atoms with Crippen LogP contribution < -0.4 is 0 Å². The van der Waals surface area contributed by atoms with Gasteiger partial charge in [0.1, 0.15) is 23.4 Å². The van der Waals surface area contributed by atoms with Gasteiger partial charge in [-0.3, -0.25) is 4.79 Å². The summed E-state index contributed by atoms with van der Waals surface area (Å²) in [6, 6.07) is 11.1. The molecule has 0 spiro atoms. The van der Waals surface area contributed by atoms with Crippen LogP contribution >= 0.6 is 0 Å². The molecule has 0 atom stereocenters. The summed E-state index contributed by atoms with van der Waals surface area (Å²) in [6.45, 7) is 0. The predicted octanol–water partition coefficient (Wildman–Crippen LogP) is 5.62. The van der Waals surface area contributed by atoms with E-state index >= 15 is 4.39 Å². The summed E-state index contributed by atoms with van der Waals surface area (Å²) in [5, 5.41) is 17.7. The number of rotatable bonds is 6. The molecule has 2 saturated carbocycles. The molecule has 2 aliphatic rings. The molecule has 0 bridgehead atoms. The maximum Gasteiger partial charge on any atom is 0.314 e. The zero-order valence-corrected chi connectivity index (χ0v) is 20.3. The van der Waals surface area contributed by atoms with E-state index in [0.717, 1.165) is 29.7 Å². The van der Waals surface area contributed by atoms with Gasteiger partial charge in [0.2, 0.25) is 5.89 Å². The van der Waals surface area contributed by atoms with Crippen LogP contribution in [-0.4, -0.2) is 35.8 Å². The fourth-order valence-electron chi connectivity index (χ4n) is 5.01. The van der Waals surface area contributed by atoms with Crippen molar-refractivity contribution in [2.75, 3.05) is 0 Å². The Morgan fingerprint density at radius 2 is 1.89 bits per heavy atom. The van der Waals surface area contributed by atoms with Gasteiger partial charge in [-0.15, -0.1) is 10.2 Å². The summed E-state index contributed by atoms with van der Waals surface area (Å²) in [5.41, 5.74) is 2.83. The summed E-state index contributed by atoms with van der Waals surface area (Å²) >= 11 is 0. The first-order valence-electron chi connectivity index (χ1n) is 12.3. The summed E-state index contributed by atoms with van der Waals surface area (Å²) in [4.78, 5) is 21.1. The van der Waals surface area contributed by atoms with Gasteiger partial charge in [0.15, 0.2) is 17.2 Å². The lowest BCUT2D eigenvalue weighted by Gasteiger charge is -2.12. The number of oxazole rings is 1. The van der Waals surface area contributed by atoms with Gasteiger partial charge in [0, 0.05) is 24.2 Å². The second-order valence-corrected chi connectivity index (χ2v) is 10.1. The monoisotopic (exact) mass is 513 g/mol. The van der Waals surface area contributed by atoms with Crippen LogP contribution in [0.15, 0.2) is 53.2 Å². The van der Waals surface area contributed by atoms with Crippen molar-refractivity contribution in [1.82, 2.24) is 24.7 Å². The van der Waals surface area contributed by atoms with E-state index in [-0.39, 0.29) is 22.9 Å². The third-order valence-electron chi connectivity index (χ3n) is 7.46. The number of pyridine rings is 1. The molecule has 0 saturated heterocycles. The van der Waals surface area contributed by atoms with Gasteiger partial charge in [0.25, 0.3) is 0 Å². The number of aryl methyl sites for hydroxylation is 1. The molecule has 2 aliphatic carbocycles. The summed E-state index contributed by atoms with van der Waals surface area (Å²) < 4.78 is 36.9. The Bertz CT molecular complexity index is 1770. The van der Waals surface area contributed by atoms with Crippen LogP contribution in [0.5, 0.6) is 0 Å². The molecule has 38 heavy (non-hydrogen) atoms. The minimum Gasteiger partial charge on any atom is -0.481 e. The molecule has 0 amide bonds. The number of carboxylic acids is 1. The second kappa shape index (κ2) is 8.01. The number of hydrogen-bond donors (Lipinski definition) is 1. The standard InChI is InChI=1S/C28H21F2N5O3/c1-35-13-31-34-25(35)19-12-17(29)4-5-18(19)15-8-21(14-2-3-14)32-23(9-15)26-33-22-11-16(10-20(30)24(22)38-26)28(6-7-28)27(36)37/h4-5,8-14H,2-3,6-7H2,1H3,(H,36,37). The highest BCUT2D eigenvalue weighted by atomic mass is 19.1. The highest BCUT2D eigenvalue weighted by Gasteiger charge is 2.52. The molecule has 8 nitrogen and oxygen atoms in total. The van der Waals surface area contributed by atoms with E-state index in [9.17, 15) is 14.3 Å². The van der Waals surface area contributed by atoms with Crippen LogP contribution in [0.4, 0.5) is 8.78 Å². The smallest absolute Gasteiger partial charge is 0.314 e. The molecule has 2 fully saturated rings. The van der Waals surface area contributed by atoms with Gasteiger partial charge in [-0.05, 0) is 78.8 Å². The lowest BCUT2D eigenvalue weighted by atomic mass is 9.96. The first kappa shape index (κ1) is 22.7. The van der Waals surface area contributed by atoms with Gasteiger partial charge in [-0.1, -0.05) is 6.07 Å². The summed E-state index contributed by atoms with van der Waals surface area (Å²) in [5.74, 6) is -1.11. The normalized spacial score (nSPS) is 16.2. The van der Waals surface area contributed by atoms with E-state index in [0.29, 0.717) is 35.5 Å². The number of hydrogen-bond acceptors (Lipinski definition) is 6. The molecule has 3 aromatic heterocycles. The number of aromatic nitrogens is 5. The van der Waals surface area contributed by atoms with Gasteiger partial charge in [-0.25, -0.2) is 18.7 Å². The highest BCUT2D eigenvalue weighted by molar-refractivity contribution is 5.88. The molecule has 7 rings (SSSR count). The largest absolute Gasteiger partial charge is 0.481 e. The highest BCUT2D eigenvalue weighted by Crippen LogP contribution is 2.49. The Balaban J connectivity index is 1.38. The SMILES string of the molecule is Cn1cnnc1-c1cc(F)ccc1-c1cc(-c2nc3cc(C4(C(=O)O)CC4)cc(F)c3o2)nc(C2CC2)c1. The van der Waals surface area contributed by atoms with Crippen LogP contribution in [0.25, 0.3) is 45.2 Å². The molecule has 0 unspecified atom stereocenters. The average Bonchev–Trinajstić information content (AvgIpc) is 3.82. The van der Waals surface area contributed by atoms with Gasteiger partial charge in [-0.2, -0.15) is 0 Å². The van der Waals surface area contributed by atoms with E-state index in [2.05, 4.69) is 15.2 Å². The predicted molar refractivity (Wildman–Crippen MR) is 133 cm³/mol. The summed E-state index contributed by atoms with van der Waals surface area (Å²) in [6.07, 6.45) is 4.46. The van der Waals surface area contributed by atoms with E-state index < -0.39 is 23.0 Å². The van der Waals surface area contributed by atoms with Crippen molar-refractivity contribution >= 4 is 17.1 Å². The molecule has 0 radical (unpaired) electrons. The first-order valence-corrected chi connectivity index (χ1v) is 12.3. The molecule has 1 N–H and O–H groups in total. The molecule has 3 heterocycles. The minimum atomic E-state index is -1.07. The van der Waals surface area contributed by atoms with Crippen LogP contribution in [0.1, 0.15) is 42.9 Å². The average molecular weight is 514 g/mol.